The zero-order chi connectivity index (χ0) is 6.73. The predicted molar refractivity (Wildman–Crippen MR) is 53.2 cm³/mol. The van der Waals surface area contributed by atoms with E-state index in [0.717, 1.165) is 2.49 Å². The first kappa shape index (κ1) is 9.15. The summed E-state index contributed by atoms with van der Waals surface area (Å²) in [6.07, 6.45) is 0. The summed E-state index contributed by atoms with van der Waals surface area (Å²) in [5.41, 5.74) is 4.90. The molecule has 8 heavy (non-hydrogen) atoms. The van der Waals surface area contributed by atoms with Crippen molar-refractivity contribution in [2.75, 3.05) is 0 Å². The van der Waals surface area contributed by atoms with Crippen molar-refractivity contribution in [1.29, 1.82) is 0 Å². The van der Waals surface area contributed by atoms with Crippen molar-refractivity contribution >= 4 is 67.0 Å². The van der Waals surface area contributed by atoms with E-state index in [-0.39, 0.29) is 0 Å². The topological polar surface area (TPSA) is 43.1 Å². The fourth-order valence-electron chi connectivity index (χ4n) is 0.0931. The lowest BCUT2D eigenvalue weighted by atomic mass is 10.6. The van der Waals surface area contributed by atoms with Crippen LogP contribution in [-0.2, 0) is 4.79 Å². The molecule has 0 atom stereocenters. The lowest BCUT2D eigenvalue weighted by molar-refractivity contribution is -0.113. The Kier molecular flexibility index (Phi) is 4.63. The largest absolute Gasteiger partial charge is 0.365 e. The molecule has 0 fully saturated rings. The number of carbonyl (C=O) groups excluding carboxylic acids is 1. The van der Waals surface area contributed by atoms with Crippen LogP contribution >= 0.6 is 61.1 Å². The molecule has 0 aromatic heterocycles. The van der Waals surface area contributed by atoms with E-state index in [0.29, 0.717) is 3.58 Å². The monoisotopic (exact) mass is 401 g/mol. The first-order chi connectivity index (χ1) is 3.55. The number of primary amides is 1. The second kappa shape index (κ2) is 4.04. The summed E-state index contributed by atoms with van der Waals surface area (Å²) in [7, 11) is 0. The van der Waals surface area contributed by atoms with Gasteiger partial charge in [-0.15, -0.1) is 0 Å². The van der Waals surface area contributed by atoms with Crippen molar-refractivity contribution in [2.24, 2.45) is 5.73 Å². The van der Waals surface area contributed by atoms with Crippen LogP contribution in [0.2, 0.25) is 0 Å². The first-order valence-electron chi connectivity index (χ1n) is 1.56. The molecule has 0 rings (SSSR count). The maximum atomic E-state index is 10.3. The second-order valence-electron chi connectivity index (χ2n) is 0.939. The first-order valence-corrected chi connectivity index (χ1v) is 4.51. The lowest BCUT2D eigenvalue weighted by Gasteiger charge is -1.88. The zero-order valence-electron chi connectivity index (χ0n) is 3.62. The Balaban J connectivity index is 4.23. The molecule has 0 saturated carbocycles. The summed E-state index contributed by atoms with van der Waals surface area (Å²) in [5.74, 6) is -0.396. The highest BCUT2D eigenvalue weighted by atomic mass is 127. The lowest BCUT2D eigenvalue weighted by Crippen LogP contribution is -2.09. The number of nitrogens with two attached hydrogens (primary N) is 1. The number of carbonyl (C=O) groups is 1. The fraction of sp³-hybridized carbons (Fsp3) is 0. The van der Waals surface area contributed by atoms with Gasteiger partial charge < -0.3 is 5.73 Å². The molecule has 0 aromatic rings. The highest BCUT2D eigenvalue weighted by Gasteiger charge is 2.01. The van der Waals surface area contributed by atoms with Crippen LogP contribution in [0.1, 0.15) is 0 Å². The minimum atomic E-state index is -0.396. The Labute approximate surface area is 82.7 Å². The molecule has 0 aliphatic carbocycles. The van der Waals surface area contributed by atoms with Gasteiger partial charge in [-0.25, -0.2) is 0 Å². The molecule has 0 radical (unpaired) electrons. The van der Waals surface area contributed by atoms with Crippen molar-refractivity contribution in [2.45, 2.75) is 0 Å². The molecule has 2 N–H and O–H groups in total. The van der Waals surface area contributed by atoms with Crippen LogP contribution in [0.4, 0.5) is 0 Å². The Morgan fingerprint density at radius 2 is 1.88 bits per heavy atom. The van der Waals surface area contributed by atoms with Gasteiger partial charge in [0.1, 0.15) is 0 Å². The van der Waals surface area contributed by atoms with E-state index in [1.165, 1.54) is 0 Å². The summed E-state index contributed by atoms with van der Waals surface area (Å²) in [6, 6.07) is 0. The molecule has 0 saturated heterocycles. The summed E-state index contributed by atoms with van der Waals surface area (Å²) < 4.78 is 1.28. The molecule has 0 aliphatic heterocycles. The molecule has 0 heterocycles. The van der Waals surface area contributed by atoms with Gasteiger partial charge in [0, 0.05) is 0 Å². The molecule has 0 bridgehead atoms. The van der Waals surface area contributed by atoms with Gasteiger partial charge in [-0.2, -0.15) is 0 Å². The van der Waals surface area contributed by atoms with Crippen molar-refractivity contribution < 1.29 is 4.79 Å². The van der Waals surface area contributed by atoms with Crippen LogP contribution in [0, 0.1) is 0 Å². The quantitative estimate of drug-likeness (QED) is 0.529. The third-order valence-electron chi connectivity index (χ3n) is 0.382. The molecule has 0 unspecified atom stereocenters. The van der Waals surface area contributed by atoms with Crippen LogP contribution in [-0.4, -0.2) is 5.91 Å². The molecule has 2 nitrogen and oxygen atoms in total. The summed E-state index contributed by atoms with van der Waals surface area (Å²) in [6.45, 7) is 0. The Morgan fingerprint density at radius 3 is 1.88 bits per heavy atom. The van der Waals surface area contributed by atoms with Crippen LogP contribution in [0.25, 0.3) is 0 Å². The van der Waals surface area contributed by atoms with Gasteiger partial charge in [0.15, 0.2) is 0 Å². The van der Waals surface area contributed by atoms with Crippen LogP contribution in [0.15, 0.2) is 6.07 Å². The normalized spacial score (nSPS) is 12.9. The third-order valence-corrected chi connectivity index (χ3v) is 4.16. The van der Waals surface area contributed by atoms with E-state index in [2.05, 4.69) is 15.9 Å². The number of halogens is 3. The number of rotatable bonds is 1. The van der Waals surface area contributed by atoms with Gasteiger partial charge in [-0.1, -0.05) is 0 Å². The molecule has 0 aliphatic rings. The van der Waals surface area contributed by atoms with E-state index < -0.39 is 5.91 Å². The fourth-order valence-corrected chi connectivity index (χ4v) is 0.554. The molecule has 0 spiro atoms. The van der Waals surface area contributed by atoms with Crippen molar-refractivity contribution in [3.63, 3.8) is 0 Å². The molecule has 5 heteroatoms. The van der Waals surface area contributed by atoms with E-state index in [4.69, 9.17) is 5.73 Å². The predicted octanol–water partition coefficient (Wildman–Crippen LogP) is 1.91. The summed E-state index contributed by atoms with van der Waals surface area (Å²) >= 11 is 6.94. The Morgan fingerprint density at radius 1 is 1.50 bits per heavy atom. The highest BCUT2D eigenvalue weighted by Crippen LogP contribution is 2.23. The summed E-state index contributed by atoms with van der Waals surface area (Å²) in [5, 5.41) is 0. The van der Waals surface area contributed by atoms with Crippen molar-refractivity contribution in [3.05, 3.63) is 6.07 Å². The zero-order valence-corrected chi connectivity index (χ0v) is 9.52. The van der Waals surface area contributed by atoms with Crippen molar-refractivity contribution in [3.8, 4) is 0 Å². The van der Waals surface area contributed by atoms with Crippen LogP contribution in [0.5, 0.6) is 0 Å². The van der Waals surface area contributed by atoms with E-state index >= 15 is 0 Å². The van der Waals surface area contributed by atoms with Gasteiger partial charge in [0.05, 0.1) is 6.07 Å². The smallest absolute Gasteiger partial charge is 0.256 e. The van der Waals surface area contributed by atoms with Gasteiger partial charge >= 0.3 is 0 Å². The highest BCUT2D eigenvalue weighted by molar-refractivity contribution is 14.1. The van der Waals surface area contributed by atoms with E-state index in [9.17, 15) is 4.79 Å². The Hall–Kier alpha value is 1.15. The Bertz CT molecular complexity index is 140. The van der Waals surface area contributed by atoms with Crippen molar-refractivity contribution in [1.82, 2.24) is 0 Å². The number of amides is 1. The molecular weight excluding hydrogens is 400 g/mol. The van der Waals surface area contributed by atoms with Gasteiger partial charge in [0.25, 0.3) is 5.91 Å². The van der Waals surface area contributed by atoms with Crippen LogP contribution in [0.3, 0.4) is 0 Å². The SMILES string of the molecule is NC(=O)/C(I)=C(/Br)I. The van der Waals surface area contributed by atoms with Gasteiger partial charge in [-0.3, -0.25) is 4.79 Å². The molecule has 0 aromatic carbocycles. The summed E-state index contributed by atoms with van der Waals surface area (Å²) in [4.78, 5) is 10.3. The maximum absolute atomic E-state index is 10.3. The second-order valence-corrected chi connectivity index (χ2v) is 5.37. The average Bonchev–Trinajstić information content (AvgIpc) is 1.64. The minimum Gasteiger partial charge on any atom is -0.365 e. The van der Waals surface area contributed by atoms with Gasteiger partial charge in [-0.05, 0) is 61.1 Å². The van der Waals surface area contributed by atoms with E-state index in [1.807, 2.05) is 45.2 Å². The molecule has 1 amide bonds. The average molecular weight is 402 g/mol. The minimum absolute atomic E-state index is 0.396. The number of hydrogen-bond acceptors (Lipinski definition) is 1. The molecule has 46 valence electrons. The van der Waals surface area contributed by atoms with E-state index in [1.54, 1.807) is 0 Å². The number of hydrogen-bond donors (Lipinski definition) is 1. The van der Waals surface area contributed by atoms with Gasteiger partial charge in [0.2, 0.25) is 0 Å². The molecular formula is C3H2BrI2NO. The third kappa shape index (κ3) is 3.23. The maximum Gasteiger partial charge on any atom is 0.256 e. The standard InChI is InChI=1S/C3H2BrI2NO/c4-2(6)1(5)3(7)8/h(H2,7,8)/b2-1+. The van der Waals surface area contributed by atoms with Crippen LogP contribution < -0.4 is 5.73 Å².